The summed E-state index contributed by atoms with van der Waals surface area (Å²) >= 11 is 1.69. The monoisotopic (exact) mass is 300 g/mol. The normalized spacial score (nSPS) is 22.7. The Bertz CT molecular complexity index is 533. The number of hydrogen-bond donors (Lipinski definition) is 1. The number of nitrogens with one attached hydrogen (secondary N) is 1. The van der Waals surface area contributed by atoms with Crippen molar-refractivity contribution in [1.82, 2.24) is 4.98 Å². The van der Waals surface area contributed by atoms with Crippen LogP contribution >= 0.6 is 11.3 Å². The molecule has 0 radical (unpaired) electrons. The predicted octanol–water partition coefficient (Wildman–Crippen LogP) is 5.58. The molecule has 0 amide bonds. The van der Waals surface area contributed by atoms with Gasteiger partial charge in [-0.1, -0.05) is 26.2 Å². The van der Waals surface area contributed by atoms with Crippen LogP contribution < -0.4 is 5.32 Å². The van der Waals surface area contributed by atoms with Crippen LogP contribution in [-0.2, 0) is 0 Å². The van der Waals surface area contributed by atoms with Gasteiger partial charge in [-0.2, -0.15) is 0 Å². The lowest BCUT2D eigenvalue weighted by atomic mass is 9.98. The first-order valence-electron chi connectivity index (χ1n) is 8.11. The first-order chi connectivity index (χ1) is 10.3. The third-order valence-corrected chi connectivity index (χ3v) is 5.42. The van der Waals surface area contributed by atoms with Crippen LogP contribution in [0.15, 0.2) is 35.8 Å². The molecule has 0 saturated heterocycles. The average Bonchev–Trinajstić information content (AvgIpc) is 2.96. The van der Waals surface area contributed by atoms with Crippen LogP contribution in [0.1, 0.15) is 45.4 Å². The second kappa shape index (κ2) is 7.08. The summed E-state index contributed by atoms with van der Waals surface area (Å²) in [5, 5.41) is 6.84. The highest BCUT2D eigenvalue weighted by Crippen LogP contribution is 2.28. The van der Waals surface area contributed by atoms with Crippen molar-refractivity contribution in [2.24, 2.45) is 5.92 Å². The number of aromatic nitrogens is 1. The number of anilines is 1. The van der Waals surface area contributed by atoms with Crippen LogP contribution in [-0.4, -0.2) is 11.0 Å². The Labute approximate surface area is 131 Å². The van der Waals surface area contributed by atoms with Gasteiger partial charge in [-0.3, -0.25) is 0 Å². The van der Waals surface area contributed by atoms with Gasteiger partial charge in [0, 0.05) is 28.9 Å². The van der Waals surface area contributed by atoms with E-state index in [-0.39, 0.29) is 0 Å². The van der Waals surface area contributed by atoms with Gasteiger partial charge in [-0.05, 0) is 49.4 Å². The number of nitrogens with zero attached hydrogens (tertiary/aromatic N) is 1. The Hall–Kier alpha value is -1.35. The fourth-order valence-corrected chi connectivity index (χ4v) is 3.89. The molecule has 1 aliphatic rings. The second-order valence-corrected chi connectivity index (χ2v) is 6.93. The largest absolute Gasteiger partial charge is 0.382 e. The summed E-state index contributed by atoms with van der Waals surface area (Å²) in [4.78, 5) is 4.36. The van der Waals surface area contributed by atoms with E-state index in [2.05, 4.69) is 41.5 Å². The van der Waals surface area contributed by atoms with Gasteiger partial charge in [0.1, 0.15) is 5.01 Å². The number of benzene rings is 1. The second-order valence-electron chi connectivity index (χ2n) is 6.04. The molecular formula is C18H24N2S. The molecule has 1 saturated carbocycles. The van der Waals surface area contributed by atoms with Crippen molar-refractivity contribution < 1.29 is 0 Å². The molecule has 112 valence electrons. The molecule has 2 nitrogen and oxygen atoms in total. The van der Waals surface area contributed by atoms with E-state index < -0.39 is 0 Å². The minimum absolute atomic E-state index is 0.646. The third-order valence-electron chi connectivity index (χ3n) is 4.60. The summed E-state index contributed by atoms with van der Waals surface area (Å²) < 4.78 is 0. The van der Waals surface area contributed by atoms with Crippen LogP contribution in [0.25, 0.3) is 10.6 Å². The van der Waals surface area contributed by atoms with Gasteiger partial charge in [0.2, 0.25) is 0 Å². The molecule has 2 unspecified atom stereocenters. The van der Waals surface area contributed by atoms with Gasteiger partial charge in [0.15, 0.2) is 0 Å². The highest BCUT2D eigenvalue weighted by Gasteiger charge is 2.17. The maximum absolute atomic E-state index is 4.36. The van der Waals surface area contributed by atoms with Crippen molar-refractivity contribution >= 4 is 17.0 Å². The van der Waals surface area contributed by atoms with E-state index in [0.29, 0.717) is 6.04 Å². The standard InChI is InChI=1S/C18H24N2S/c1-2-14-4-3-5-16(9-6-14)20-17-10-7-15(8-11-17)18-19-12-13-21-18/h7-8,10-14,16,20H,2-6,9H2,1H3. The van der Waals surface area contributed by atoms with E-state index in [1.54, 1.807) is 11.3 Å². The summed E-state index contributed by atoms with van der Waals surface area (Å²) in [7, 11) is 0. The van der Waals surface area contributed by atoms with E-state index in [0.717, 1.165) is 10.9 Å². The molecule has 3 heteroatoms. The molecule has 0 aliphatic heterocycles. The maximum Gasteiger partial charge on any atom is 0.123 e. The van der Waals surface area contributed by atoms with E-state index in [9.17, 15) is 0 Å². The van der Waals surface area contributed by atoms with E-state index in [4.69, 9.17) is 0 Å². The highest BCUT2D eigenvalue weighted by atomic mass is 32.1. The minimum Gasteiger partial charge on any atom is -0.382 e. The van der Waals surface area contributed by atoms with E-state index in [1.165, 1.54) is 49.8 Å². The molecule has 21 heavy (non-hydrogen) atoms. The molecule has 3 rings (SSSR count). The first-order valence-corrected chi connectivity index (χ1v) is 8.99. The Morgan fingerprint density at radius 1 is 1.14 bits per heavy atom. The van der Waals surface area contributed by atoms with Crippen molar-refractivity contribution in [2.45, 2.75) is 51.5 Å². The fraction of sp³-hybridized carbons (Fsp3) is 0.500. The summed E-state index contributed by atoms with van der Waals surface area (Å²) in [5.74, 6) is 0.948. The Morgan fingerprint density at radius 3 is 2.71 bits per heavy atom. The molecular weight excluding hydrogens is 276 g/mol. The van der Waals surface area contributed by atoms with Crippen molar-refractivity contribution in [1.29, 1.82) is 0 Å². The zero-order valence-electron chi connectivity index (χ0n) is 12.7. The third kappa shape index (κ3) is 3.85. The lowest BCUT2D eigenvalue weighted by Crippen LogP contribution is -2.18. The molecule has 1 fully saturated rings. The van der Waals surface area contributed by atoms with Crippen molar-refractivity contribution in [3.8, 4) is 10.6 Å². The Morgan fingerprint density at radius 2 is 2.00 bits per heavy atom. The summed E-state index contributed by atoms with van der Waals surface area (Å²) in [5.41, 5.74) is 2.46. The predicted molar refractivity (Wildman–Crippen MR) is 91.8 cm³/mol. The Balaban J connectivity index is 1.60. The van der Waals surface area contributed by atoms with Gasteiger partial charge in [0.05, 0.1) is 0 Å². The average molecular weight is 300 g/mol. The van der Waals surface area contributed by atoms with Gasteiger partial charge in [-0.25, -0.2) is 4.98 Å². The zero-order valence-corrected chi connectivity index (χ0v) is 13.5. The van der Waals surface area contributed by atoms with Gasteiger partial charge in [-0.15, -0.1) is 11.3 Å². The van der Waals surface area contributed by atoms with Gasteiger partial charge in [0.25, 0.3) is 0 Å². The minimum atomic E-state index is 0.646. The molecule has 1 aliphatic carbocycles. The summed E-state index contributed by atoms with van der Waals surface area (Å²) in [6.07, 6.45) is 9.99. The molecule has 1 aromatic carbocycles. The van der Waals surface area contributed by atoms with E-state index in [1.807, 2.05) is 11.6 Å². The maximum atomic E-state index is 4.36. The number of rotatable bonds is 4. The SMILES string of the molecule is CCC1CCCC(Nc2ccc(-c3nccs3)cc2)CC1. The van der Waals surface area contributed by atoms with E-state index >= 15 is 0 Å². The quantitative estimate of drug-likeness (QED) is 0.745. The Kier molecular flexibility index (Phi) is 4.91. The fourth-order valence-electron chi connectivity index (χ4n) is 3.24. The summed E-state index contributed by atoms with van der Waals surface area (Å²) in [6, 6.07) is 9.38. The van der Waals surface area contributed by atoms with Crippen LogP contribution in [0, 0.1) is 5.92 Å². The zero-order chi connectivity index (χ0) is 14.5. The number of thiazole rings is 1. The molecule has 1 N–H and O–H groups in total. The topological polar surface area (TPSA) is 24.9 Å². The summed E-state index contributed by atoms with van der Waals surface area (Å²) in [6.45, 7) is 2.33. The highest BCUT2D eigenvalue weighted by molar-refractivity contribution is 7.13. The van der Waals surface area contributed by atoms with Crippen molar-refractivity contribution in [3.05, 3.63) is 35.8 Å². The molecule has 0 spiro atoms. The molecule has 2 atom stereocenters. The van der Waals surface area contributed by atoms with Crippen LogP contribution in [0.3, 0.4) is 0 Å². The molecule has 1 aromatic heterocycles. The van der Waals surface area contributed by atoms with Gasteiger partial charge >= 0.3 is 0 Å². The van der Waals surface area contributed by atoms with Crippen LogP contribution in [0.2, 0.25) is 0 Å². The lowest BCUT2D eigenvalue weighted by molar-refractivity contribution is 0.444. The van der Waals surface area contributed by atoms with Crippen molar-refractivity contribution in [3.63, 3.8) is 0 Å². The first kappa shape index (κ1) is 14.6. The smallest absolute Gasteiger partial charge is 0.123 e. The molecule has 1 heterocycles. The lowest BCUT2D eigenvalue weighted by Gasteiger charge is -2.18. The van der Waals surface area contributed by atoms with Crippen LogP contribution in [0.5, 0.6) is 0 Å². The molecule has 0 bridgehead atoms. The molecule has 2 aromatic rings. The number of hydrogen-bond acceptors (Lipinski definition) is 3. The van der Waals surface area contributed by atoms with Gasteiger partial charge < -0.3 is 5.32 Å². The van der Waals surface area contributed by atoms with Crippen LogP contribution in [0.4, 0.5) is 5.69 Å². The van der Waals surface area contributed by atoms with Crippen molar-refractivity contribution in [2.75, 3.05) is 5.32 Å².